The fourth-order valence-corrected chi connectivity index (χ4v) is 3.97. The van der Waals surface area contributed by atoms with E-state index < -0.39 is 0 Å². The Kier molecular flexibility index (Phi) is 3.68. The number of hydrogen-bond acceptors (Lipinski definition) is 3. The van der Waals surface area contributed by atoms with Gasteiger partial charge in [0.25, 0.3) is 0 Å². The van der Waals surface area contributed by atoms with E-state index in [9.17, 15) is 5.11 Å². The van der Waals surface area contributed by atoms with Crippen LogP contribution in [-0.4, -0.2) is 40.2 Å². The van der Waals surface area contributed by atoms with Gasteiger partial charge in [-0.3, -0.25) is 9.88 Å². The fraction of sp³-hybridized carbons (Fsp3) is 0.421. The molecular formula is C19H22N2O. The standard InChI is InChI=1S/C19H22N2O/c22-19-13-21(12-16(19)9-17-7-3-4-8-20-17)18-10-14-5-1-2-6-15(14)11-18/h1-8,16,18-19,22H,9-13H2/t16-,19-/m1/s1. The Balaban J connectivity index is 1.42. The number of fused-ring (bicyclic) bond motifs is 1. The fourth-order valence-electron chi connectivity index (χ4n) is 3.97. The number of pyridine rings is 1. The van der Waals surface area contributed by atoms with Crippen LogP contribution in [0.1, 0.15) is 16.8 Å². The van der Waals surface area contributed by atoms with Crippen LogP contribution in [0.4, 0.5) is 0 Å². The third-order valence-corrected chi connectivity index (χ3v) is 5.18. The number of benzene rings is 1. The molecule has 0 radical (unpaired) electrons. The van der Waals surface area contributed by atoms with Gasteiger partial charge in [0, 0.05) is 36.9 Å². The minimum Gasteiger partial charge on any atom is -0.391 e. The number of rotatable bonds is 3. The van der Waals surface area contributed by atoms with Gasteiger partial charge in [-0.15, -0.1) is 0 Å². The molecule has 3 nitrogen and oxygen atoms in total. The molecule has 2 heterocycles. The topological polar surface area (TPSA) is 36.4 Å². The summed E-state index contributed by atoms with van der Waals surface area (Å²) in [6, 6.07) is 15.3. The summed E-state index contributed by atoms with van der Waals surface area (Å²) in [6.45, 7) is 1.78. The number of likely N-dealkylation sites (tertiary alicyclic amines) is 1. The van der Waals surface area contributed by atoms with Crippen LogP contribution >= 0.6 is 0 Å². The molecular weight excluding hydrogens is 272 g/mol. The van der Waals surface area contributed by atoms with Crippen LogP contribution in [0.5, 0.6) is 0 Å². The van der Waals surface area contributed by atoms with E-state index in [1.807, 2.05) is 18.3 Å². The quantitative estimate of drug-likeness (QED) is 0.941. The van der Waals surface area contributed by atoms with Crippen molar-refractivity contribution in [3.63, 3.8) is 0 Å². The molecule has 2 aliphatic rings. The van der Waals surface area contributed by atoms with Gasteiger partial charge in [0.05, 0.1) is 6.10 Å². The third kappa shape index (κ3) is 2.67. The van der Waals surface area contributed by atoms with Crippen LogP contribution in [-0.2, 0) is 19.3 Å². The first-order valence-electron chi connectivity index (χ1n) is 8.18. The molecule has 0 amide bonds. The second-order valence-electron chi connectivity index (χ2n) is 6.64. The predicted octanol–water partition coefficient (Wildman–Crippen LogP) is 2.08. The van der Waals surface area contributed by atoms with E-state index in [-0.39, 0.29) is 6.10 Å². The second-order valence-corrected chi connectivity index (χ2v) is 6.64. The zero-order valence-corrected chi connectivity index (χ0v) is 12.7. The smallest absolute Gasteiger partial charge is 0.0711 e. The zero-order chi connectivity index (χ0) is 14.9. The normalized spacial score (nSPS) is 25.5. The molecule has 4 rings (SSSR count). The SMILES string of the molecule is O[C@@H]1CN(C2Cc3ccccc3C2)C[C@H]1Cc1ccccn1. The van der Waals surface area contributed by atoms with Crippen LogP contribution in [0.15, 0.2) is 48.7 Å². The highest BCUT2D eigenvalue weighted by Gasteiger charge is 2.37. The summed E-state index contributed by atoms with van der Waals surface area (Å²) in [5.41, 5.74) is 4.05. The summed E-state index contributed by atoms with van der Waals surface area (Å²) in [7, 11) is 0. The lowest BCUT2D eigenvalue weighted by molar-refractivity contribution is 0.136. The summed E-state index contributed by atoms with van der Waals surface area (Å²) in [5, 5.41) is 10.4. The number of aliphatic hydroxyl groups excluding tert-OH is 1. The molecule has 0 saturated carbocycles. The molecule has 2 atom stereocenters. The molecule has 1 aromatic heterocycles. The summed E-state index contributed by atoms with van der Waals surface area (Å²) in [4.78, 5) is 6.89. The lowest BCUT2D eigenvalue weighted by atomic mass is 10.00. The lowest BCUT2D eigenvalue weighted by Crippen LogP contribution is -2.34. The number of aromatic nitrogens is 1. The van der Waals surface area contributed by atoms with Gasteiger partial charge in [-0.1, -0.05) is 30.3 Å². The first kappa shape index (κ1) is 13.9. The van der Waals surface area contributed by atoms with E-state index in [1.54, 1.807) is 0 Å². The van der Waals surface area contributed by atoms with Gasteiger partial charge in [0.2, 0.25) is 0 Å². The van der Waals surface area contributed by atoms with Crippen molar-refractivity contribution in [1.82, 2.24) is 9.88 Å². The molecule has 1 N–H and O–H groups in total. The number of aliphatic hydroxyl groups is 1. The van der Waals surface area contributed by atoms with Gasteiger partial charge in [0.15, 0.2) is 0 Å². The van der Waals surface area contributed by atoms with Crippen molar-refractivity contribution in [1.29, 1.82) is 0 Å². The lowest BCUT2D eigenvalue weighted by Gasteiger charge is -2.23. The van der Waals surface area contributed by atoms with Gasteiger partial charge in [-0.25, -0.2) is 0 Å². The van der Waals surface area contributed by atoms with Crippen LogP contribution in [0, 0.1) is 5.92 Å². The van der Waals surface area contributed by atoms with Gasteiger partial charge in [-0.2, -0.15) is 0 Å². The Labute approximate surface area is 131 Å². The van der Waals surface area contributed by atoms with Crippen molar-refractivity contribution in [2.45, 2.75) is 31.4 Å². The third-order valence-electron chi connectivity index (χ3n) is 5.18. The van der Waals surface area contributed by atoms with E-state index >= 15 is 0 Å². The van der Waals surface area contributed by atoms with E-state index in [2.05, 4.69) is 40.2 Å². The maximum atomic E-state index is 10.4. The Morgan fingerprint density at radius 3 is 2.41 bits per heavy atom. The summed E-state index contributed by atoms with van der Waals surface area (Å²) >= 11 is 0. The maximum absolute atomic E-state index is 10.4. The number of hydrogen-bond donors (Lipinski definition) is 1. The van der Waals surface area contributed by atoms with E-state index in [0.29, 0.717) is 12.0 Å². The minimum atomic E-state index is -0.231. The molecule has 0 bridgehead atoms. The van der Waals surface area contributed by atoms with Crippen LogP contribution in [0.25, 0.3) is 0 Å². The summed E-state index contributed by atoms with van der Waals surface area (Å²) in [5.74, 6) is 0.304. The number of nitrogens with zero attached hydrogens (tertiary/aromatic N) is 2. The zero-order valence-electron chi connectivity index (χ0n) is 12.7. The Bertz CT molecular complexity index is 618. The molecule has 22 heavy (non-hydrogen) atoms. The second kappa shape index (κ2) is 5.82. The van der Waals surface area contributed by atoms with Crippen molar-refractivity contribution < 1.29 is 5.11 Å². The van der Waals surface area contributed by atoms with Crippen molar-refractivity contribution in [3.05, 3.63) is 65.5 Å². The molecule has 1 saturated heterocycles. The van der Waals surface area contributed by atoms with Crippen molar-refractivity contribution in [2.24, 2.45) is 5.92 Å². The van der Waals surface area contributed by atoms with E-state index in [1.165, 1.54) is 11.1 Å². The average molecular weight is 294 g/mol. The highest BCUT2D eigenvalue weighted by molar-refractivity contribution is 5.33. The highest BCUT2D eigenvalue weighted by atomic mass is 16.3. The first-order valence-corrected chi connectivity index (χ1v) is 8.18. The van der Waals surface area contributed by atoms with E-state index in [4.69, 9.17) is 0 Å². The first-order chi connectivity index (χ1) is 10.8. The van der Waals surface area contributed by atoms with Crippen LogP contribution in [0.3, 0.4) is 0 Å². The van der Waals surface area contributed by atoms with Crippen LogP contribution < -0.4 is 0 Å². The molecule has 2 aromatic rings. The molecule has 1 fully saturated rings. The minimum absolute atomic E-state index is 0.231. The number of β-amino-alcohol motifs (C(OH)–C–C–N with tert-alkyl or cyclic N) is 1. The maximum Gasteiger partial charge on any atom is 0.0711 e. The van der Waals surface area contributed by atoms with Crippen LogP contribution in [0.2, 0.25) is 0 Å². The van der Waals surface area contributed by atoms with Crippen molar-refractivity contribution in [3.8, 4) is 0 Å². The largest absolute Gasteiger partial charge is 0.391 e. The van der Waals surface area contributed by atoms with Gasteiger partial charge in [0.1, 0.15) is 0 Å². The van der Waals surface area contributed by atoms with Gasteiger partial charge < -0.3 is 5.11 Å². The van der Waals surface area contributed by atoms with Crippen molar-refractivity contribution in [2.75, 3.05) is 13.1 Å². The Morgan fingerprint density at radius 1 is 1.00 bits per heavy atom. The Morgan fingerprint density at radius 2 is 1.73 bits per heavy atom. The Hall–Kier alpha value is -1.71. The molecule has 114 valence electrons. The highest BCUT2D eigenvalue weighted by Crippen LogP contribution is 2.30. The summed E-state index contributed by atoms with van der Waals surface area (Å²) in [6.07, 6.45) is 4.73. The molecule has 3 heteroatoms. The molecule has 1 aliphatic heterocycles. The van der Waals surface area contributed by atoms with Crippen molar-refractivity contribution >= 4 is 0 Å². The predicted molar refractivity (Wildman–Crippen MR) is 86.6 cm³/mol. The molecule has 1 aliphatic carbocycles. The van der Waals surface area contributed by atoms with Gasteiger partial charge >= 0.3 is 0 Å². The molecule has 0 unspecified atom stereocenters. The van der Waals surface area contributed by atoms with Gasteiger partial charge in [-0.05, 0) is 42.5 Å². The monoisotopic (exact) mass is 294 g/mol. The average Bonchev–Trinajstić information content (AvgIpc) is 3.12. The molecule has 0 spiro atoms. The summed E-state index contributed by atoms with van der Waals surface area (Å²) < 4.78 is 0. The van der Waals surface area contributed by atoms with E-state index in [0.717, 1.165) is 38.0 Å². The molecule has 1 aromatic carbocycles.